The van der Waals surface area contributed by atoms with Crippen LogP contribution in [0.5, 0.6) is 0 Å². The average Bonchev–Trinajstić information content (AvgIpc) is 2.67. The monoisotopic (exact) mass is 218 g/mol. The third-order valence-electron chi connectivity index (χ3n) is 2.87. The van der Waals surface area contributed by atoms with Gasteiger partial charge in [-0.2, -0.15) is 0 Å². The van der Waals surface area contributed by atoms with Crippen molar-refractivity contribution < 1.29 is 5.11 Å². The molecule has 0 bridgehead atoms. The van der Waals surface area contributed by atoms with Crippen LogP contribution in [0.3, 0.4) is 0 Å². The first kappa shape index (κ1) is 11.2. The first-order valence-electron chi connectivity index (χ1n) is 5.61. The van der Waals surface area contributed by atoms with Crippen molar-refractivity contribution in [1.82, 2.24) is 4.57 Å². The van der Waals surface area contributed by atoms with Gasteiger partial charge < -0.3 is 15.4 Å². The van der Waals surface area contributed by atoms with Crippen LogP contribution in [-0.4, -0.2) is 16.3 Å². The normalized spacial score (nSPS) is 13.6. The van der Waals surface area contributed by atoms with E-state index in [0.717, 1.165) is 5.69 Å². The Hall–Kier alpha value is -1.32. The molecule has 86 valence electrons. The molecule has 1 atom stereocenters. The molecule has 3 nitrogen and oxygen atoms in total. The van der Waals surface area contributed by atoms with Gasteiger partial charge in [-0.15, -0.1) is 0 Å². The third-order valence-corrected chi connectivity index (χ3v) is 2.87. The molecule has 1 aromatic carbocycles. The largest absolute Gasteiger partial charge is 0.394 e. The Morgan fingerprint density at radius 2 is 2.00 bits per heavy atom. The fourth-order valence-electron chi connectivity index (χ4n) is 2.15. The number of hydrogen-bond acceptors (Lipinski definition) is 2. The van der Waals surface area contributed by atoms with Crippen molar-refractivity contribution >= 4 is 10.9 Å². The van der Waals surface area contributed by atoms with Gasteiger partial charge in [-0.1, -0.05) is 18.2 Å². The van der Waals surface area contributed by atoms with Gasteiger partial charge in [0.25, 0.3) is 0 Å². The minimum atomic E-state index is -0.310. The summed E-state index contributed by atoms with van der Waals surface area (Å²) < 4.78 is 2.19. The van der Waals surface area contributed by atoms with Crippen LogP contribution in [0.4, 0.5) is 0 Å². The van der Waals surface area contributed by atoms with Gasteiger partial charge in [0.2, 0.25) is 0 Å². The van der Waals surface area contributed by atoms with E-state index in [1.807, 2.05) is 12.1 Å². The Bertz CT molecular complexity index is 488. The highest BCUT2D eigenvalue weighted by atomic mass is 16.3. The van der Waals surface area contributed by atoms with Crippen molar-refractivity contribution in [2.24, 2.45) is 5.73 Å². The number of hydrogen-bond donors (Lipinski definition) is 2. The van der Waals surface area contributed by atoms with Crippen LogP contribution < -0.4 is 5.73 Å². The molecule has 3 N–H and O–H groups in total. The number of aromatic nitrogens is 1. The molecule has 0 amide bonds. The van der Waals surface area contributed by atoms with Gasteiger partial charge in [0.05, 0.1) is 12.6 Å². The second-order valence-electron chi connectivity index (χ2n) is 4.38. The second-order valence-corrected chi connectivity index (χ2v) is 4.38. The standard InChI is InChI=1S/C13H18N2O/c1-9(2)15-12-6-4-3-5-10(12)7-13(15)11(14)8-16/h3-7,9,11,16H,8,14H2,1-2H3. The summed E-state index contributed by atoms with van der Waals surface area (Å²) in [4.78, 5) is 0. The maximum absolute atomic E-state index is 9.18. The summed E-state index contributed by atoms with van der Waals surface area (Å²) in [6.07, 6.45) is 0. The van der Waals surface area contributed by atoms with E-state index < -0.39 is 0 Å². The van der Waals surface area contributed by atoms with E-state index in [9.17, 15) is 5.11 Å². The zero-order chi connectivity index (χ0) is 11.7. The molecule has 2 aromatic rings. The van der Waals surface area contributed by atoms with Crippen molar-refractivity contribution in [3.05, 3.63) is 36.0 Å². The summed E-state index contributed by atoms with van der Waals surface area (Å²) in [7, 11) is 0. The smallest absolute Gasteiger partial charge is 0.0685 e. The maximum Gasteiger partial charge on any atom is 0.0685 e. The van der Waals surface area contributed by atoms with Crippen molar-refractivity contribution in [2.75, 3.05) is 6.61 Å². The van der Waals surface area contributed by atoms with Crippen LogP contribution in [-0.2, 0) is 0 Å². The number of nitrogens with two attached hydrogens (primary N) is 1. The SMILES string of the molecule is CC(C)n1c(C(N)CO)cc2ccccc21. The molecule has 0 spiro atoms. The molecule has 1 heterocycles. The van der Waals surface area contributed by atoms with Gasteiger partial charge in [0.1, 0.15) is 0 Å². The van der Waals surface area contributed by atoms with Gasteiger partial charge in [-0.05, 0) is 31.4 Å². The number of benzene rings is 1. The van der Waals surface area contributed by atoms with Crippen LogP contribution in [0.1, 0.15) is 31.6 Å². The topological polar surface area (TPSA) is 51.2 Å². The lowest BCUT2D eigenvalue weighted by molar-refractivity contribution is 0.262. The minimum Gasteiger partial charge on any atom is -0.394 e. The van der Waals surface area contributed by atoms with Crippen molar-refractivity contribution in [1.29, 1.82) is 0 Å². The molecule has 0 radical (unpaired) electrons. The molecule has 0 aliphatic carbocycles. The minimum absolute atomic E-state index is 0.0248. The fraction of sp³-hybridized carbons (Fsp3) is 0.385. The summed E-state index contributed by atoms with van der Waals surface area (Å²) in [6, 6.07) is 10.3. The summed E-state index contributed by atoms with van der Waals surface area (Å²) in [6.45, 7) is 4.23. The molecule has 0 saturated carbocycles. The molecule has 3 heteroatoms. The van der Waals surface area contributed by atoms with Crippen molar-refractivity contribution in [3.63, 3.8) is 0 Å². The molecule has 16 heavy (non-hydrogen) atoms. The van der Waals surface area contributed by atoms with Crippen LogP contribution in [0.15, 0.2) is 30.3 Å². The number of nitrogens with zero attached hydrogens (tertiary/aromatic N) is 1. The zero-order valence-corrected chi connectivity index (χ0v) is 9.72. The van der Waals surface area contributed by atoms with Crippen LogP contribution in [0.2, 0.25) is 0 Å². The van der Waals surface area contributed by atoms with Gasteiger partial charge in [-0.25, -0.2) is 0 Å². The van der Waals surface area contributed by atoms with Gasteiger partial charge >= 0.3 is 0 Å². The Morgan fingerprint density at radius 1 is 1.31 bits per heavy atom. The number of aliphatic hydroxyl groups is 1. The number of aliphatic hydroxyl groups excluding tert-OH is 1. The van der Waals surface area contributed by atoms with E-state index >= 15 is 0 Å². The number of rotatable bonds is 3. The first-order chi connectivity index (χ1) is 7.65. The highest BCUT2D eigenvalue weighted by Crippen LogP contribution is 2.26. The summed E-state index contributed by atoms with van der Waals surface area (Å²) >= 11 is 0. The average molecular weight is 218 g/mol. The molecule has 2 rings (SSSR count). The molecule has 0 saturated heterocycles. The maximum atomic E-state index is 9.18. The molecular weight excluding hydrogens is 200 g/mol. The van der Waals surface area contributed by atoms with Gasteiger partial charge in [-0.3, -0.25) is 0 Å². The van der Waals surface area contributed by atoms with E-state index in [1.54, 1.807) is 0 Å². The molecule has 0 aliphatic heterocycles. The van der Waals surface area contributed by atoms with Crippen LogP contribution >= 0.6 is 0 Å². The van der Waals surface area contributed by atoms with E-state index in [1.165, 1.54) is 10.9 Å². The molecule has 0 fully saturated rings. The lowest BCUT2D eigenvalue weighted by atomic mass is 10.2. The molecule has 0 aliphatic rings. The predicted molar refractivity (Wildman–Crippen MR) is 66.3 cm³/mol. The summed E-state index contributed by atoms with van der Waals surface area (Å²) in [5.74, 6) is 0. The quantitative estimate of drug-likeness (QED) is 0.830. The van der Waals surface area contributed by atoms with Crippen LogP contribution in [0.25, 0.3) is 10.9 Å². The first-order valence-corrected chi connectivity index (χ1v) is 5.61. The van der Waals surface area contributed by atoms with Crippen molar-refractivity contribution in [2.45, 2.75) is 25.9 Å². The van der Waals surface area contributed by atoms with E-state index in [4.69, 9.17) is 5.73 Å². The highest BCUT2D eigenvalue weighted by molar-refractivity contribution is 5.81. The predicted octanol–water partition coefficient (Wildman–Crippen LogP) is 2.21. The van der Waals surface area contributed by atoms with E-state index in [0.29, 0.717) is 6.04 Å². The lowest BCUT2D eigenvalue weighted by Crippen LogP contribution is -2.19. The second kappa shape index (κ2) is 4.28. The molecule has 1 unspecified atom stereocenters. The third kappa shape index (κ3) is 1.72. The Kier molecular flexibility index (Phi) is 2.99. The van der Waals surface area contributed by atoms with Crippen molar-refractivity contribution in [3.8, 4) is 0 Å². The van der Waals surface area contributed by atoms with Gasteiger partial charge in [0, 0.05) is 17.3 Å². The fourth-order valence-corrected chi connectivity index (χ4v) is 2.15. The molecule has 1 aromatic heterocycles. The van der Waals surface area contributed by atoms with E-state index in [-0.39, 0.29) is 12.6 Å². The zero-order valence-electron chi connectivity index (χ0n) is 9.72. The highest BCUT2D eigenvalue weighted by Gasteiger charge is 2.15. The molecular formula is C13H18N2O. The summed E-state index contributed by atoms with van der Waals surface area (Å²) in [5.41, 5.74) is 8.10. The van der Waals surface area contributed by atoms with Crippen LogP contribution in [0, 0.1) is 0 Å². The Morgan fingerprint density at radius 3 is 2.62 bits per heavy atom. The number of fused-ring (bicyclic) bond motifs is 1. The summed E-state index contributed by atoms with van der Waals surface area (Å²) in [5, 5.41) is 10.4. The van der Waals surface area contributed by atoms with Gasteiger partial charge in [0.15, 0.2) is 0 Å². The Balaban J connectivity index is 2.68. The Labute approximate surface area is 95.5 Å². The van der Waals surface area contributed by atoms with E-state index in [2.05, 4.69) is 36.6 Å². The lowest BCUT2D eigenvalue weighted by Gasteiger charge is -2.17. The number of para-hydroxylation sites is 1.